The largest absolute Gasteiger partial charge is 0.465 e. The topological polar surface area (TPSA) is 62.5 Å². The van der Waals surface area contributed by atoms with Gasteiger partial charge >= 0.3 is 0 Å². The van der Waals surface area contributed by atoms with E-state index in [4.69, 9.17) is 9.52 Å². The predicted octanol–water partition coefficient (Wildman–Crippen LogP) is 2.17. The number of amides is 1. The summed E-state index contributed by atoms with van der Waals surface area (Å²) in [5.41, 5.74) is 2.11. The highest BCUT2D eigenvalue weighted by Gasteiger charge is 2.11. The fourth-order valence-corrected chi connectivity index (χ4v) is 1.94. The van der Waals surface area contributed by atoms with E-state index in [-0.39, 0.29) is 12.5 Å². The molecule has 21 heavy (non-hydrogen) atoms. The number of aliphatic hydroxyl groups excluding tert-OH is 1. The number of carbonyl (C=O) groups excluding carboxylic acids is 1. The third kappa shape index (κ3) is 3.98. The summed E-state index contributed by atoms with van der Waals surface area (Å²) in [5.74, 6) is 6.67. The first-order valence-corrected chi connectivity index (χ1v) is 6.64. The first-order valence-electron chi connectivity index (χ1n) is 6.64. The van der Waals surface area contributed by atoms with Gasteiger partial charge in [0.25, 0.3) is 5.91 Å². The van der Waals surface area contributed by atoms with Crippen LogP contribution in [0.5, 0.6) is 0 Å². The van der Waals surface area contributed by atoms with E-state index in [0.29, 0.717) is 23.4 Å². The van der Waals surface area contributed by atoms with Crippen molar-refractivity contribution in [1.29, 1.82) is 0 Å². The Morgan fingerprint density at radius 3 is 2.76 bits per heavy atom. The van der Waals surface area contributed by atoms with Crippen LogP contribution in [0, 0.1) is 25.7 Å². The maximum Gasteiger partial charge on any atom is 0.252 e. The van der Waals surface area contributed by atoms with Gasteiger partial charge in [0, 0.05) is 5.56 Å². The van der Waals surface area contributed by atoms with Crippen LogP contribution in [0.1, 0.15) is 33.0 Å². The second kappa shape index (κ2) is 6.78. The number of hydrogen-bond acceptors (Lipinski definition) is 3. The monoisotopic (exact) mass is 283 g/mol. The number of aliphatic hydroxyl groups is 1. The van der Waals surface area contributed by atoms with Crippen molar-refractivity contribution in [1.82, 2.24) is 5.32 Å². The number of furan rings is 1. The van der Waals surface area contributed by atoms with Crippen LogP contribution in [-0.4, -0.2) is 17.6 Å². The number of hydrogen-bond donors (Lipinski definition) is 2. The van der Waals surface area contributed by atoms with Gasteiger partial charge in [0.1, 0.15) is 18.1 Å². The fraction of sp³-hybridized carbons (Fsp3) is 0.235. The fourth-order valence-electron chi connectivity index (χ4n) is 1.94. The van der Waals surface area contributed by atoms with Gasteiger partial charge in [0.05, 0.1) is 12.1 Å². The zero-order valence-electron chi connectivity index (χ0n) is 12.1. The third-order valence-electron chi connectivity index (χ3n) is 2.94. The molecule has 0 aliphatic heterocycles. The molecule has 1 aromatic carbocycles. The maximum absolute atomic E-state index is 12.2. The molecule has 4 nitrogen and oxygen atoms in total. The molecule has 1 heterocycles. The Morgan fingerprint density at radius 2 is 2.10 bits per heavy atom. The lowest BCUT2D eigenvalue weighted by Crippen LogP contribution is -2.23. The standard InChI is InChI=1S/C17H17NO3/c1-12-5-8-16(14(10-12)4-3-9-19)17(20)18-11-15-7-6-13(2)21-15/h5-8,10,19H,9,11H2,1-2H3,(H,18,20). The summed E-state index contributed by atoms with van der Waals surface area (Å²) < 4.78 is 5.41. The molecule has 0 unspecified atom stereocenters. The number of rotatable bonds is 3. The molecule has 0 fully saturated rings. The molecule has 1 aromatic heterocycles. The summed E-state index contributed by atoms with van der Waals surface area (Å²) in [6.45, 7) is 3.87. The number of carbonyl (C=O) groups is 1. The first kappa shape index (κ1) is 14.9. The molecule has 0 aliphatic carbocycles. The summed E-state index contributed by atoms with van der Waals surface area (Å²) in [6.07, 6.45) is 0. The molecule has 0 aliphatic rings. The molecule has 0 saturated carbocycles. The van der Waals surface area contributed by atoms with E-state index in [0.717, 1.165) is 11.3 Å². The predicted molar refractivity (Wildman–Crippen MR) is 79.8 cm³/mol. The maximum atomic E-state index is 12.2. The summed E-state index contributed by atoms with van der Waals surface area (Å²) >= 11 is 0. The van der Waals surface area contributed by atoms with E-state index in [2.05, 4.69) is 17.2 Å². The van der Waals surface area contributed by atoms with Gasteiger partial charge in [-0.1, -0.05) is 17.9 Å². The van der Waals surface area contributed by atoms with Crippen LogP contribution < -0.4 is 5.32 Å². The number of benzene rings is 1. The molecule has 108 valence electrons. The first-order chi connectivity index (χ1) is 10.1. The van der Waals surface area contributed by atoms with Crippen molar-refractivity contribution >= 4 is 5.91 Å². The average molecular weight is 283 g/mol. The Bertz CT molecular complexity index is 704. The van der Waals surface area contributed by atoms with Gasteiger partial charge in [0.15, 0.2) is 0 Å². The Morgan fingerprint density at radius 1 is 1.29 bits per heavy atom. The van der Waals surface area contributed by atoms with Gasteiger partial charge in [-0.15, -0.1) is 0 Å². The van der Waals surface area contributed by atoms with Crippen molar-refractivity contribution in [2.45, 2.75) is 20.4 Å². The highest BCUT2D eigenvalue weighted by Crippen LogP contribution is 2.12. The summed E-state index contributed by atoms with van der Waals surface area (Å²) in [7, 11) is 0. The Balaban J connectivity index is 2.14. The molecule has 2 N–H and O–H groups in total. The van der Waals surface area contributed by atoms with Crippen LogP contribution in [0.4, 0.5) is 0 Å². The molecule has 0 radical (unpaired) electrons. The minimum absolute atomic E-state index is 0.216. The van der Waals surface area contributed by atoms with Crippen molar-refractivity contribution in [2.75, 3.05) is 6.61 Å². The zero-order chi connectivity index (χ0) is 15.2. The molecule has 1 amide bonds. The van der Waals surface area contributed by atoms with Crippen LogP contribution >= 0.6 is 0 Å². The molecular formula is C17H17NO3. The minimum atomic E-state index is -0.235. The molecule has 0 atom stereocenters. The van der Waals surface area contributed by atoms with Gasteiger partial charge in [-0.3, -0.25) is 4.79 Å². The second-order valence-electron chi connectivity index (χ2n) is 4.70. The molecule has 2 rings (SSSR count). The average Bonchev–Trinajstić information content (AvgIpc) is 2.88. The van der Waals surface area contributed by atoms with E-state index in [1.165, 1.54) is 0 Å². The SMILES string of the molecule is Cc1ccc(C(=O)NCc2ccc(C)o2)c(C#CCO)c1. The number of aryl methyl sites for hydroxylation is 2. The zero-order valence-corrected chi connectivity index (χ0v) is 12.1. The molecule has 0 saturated heterocycles. The lowest BCUT2D eigenvalue weighted by molar-refractivity contribution is 0.0947. The van der Waals surface area contributed by atoms with Crippen molar-refractivity contribution < 1.29 is 14.3 Å². The molecule has 0 spiro atoms. The van der Waals surface area contributed by atoms with Gasteiger partial charge in [-0.2, -0.15) is 0 Å². The van der Waals surface area contributed by atoms with Crippen molar-refractivity contribution in [3.8, 4) is 11.8 Å². The van der Waals surface area contributed by atoms with Crippen molar-refractivity contribution in [3.05, 3.63) is 58.5 Å². The van der Waals surface area contributed by atoms with E-state index >= 15 is 0 Å². The van der Waals surface area contributed by atoms with Crippen LogP contribution in [0.25, 0.3) is 0 Å². The van der Waals surface area contributed by atoms with Crippen LogP contribution in [-0.2, 0) is 6.54 Å². The minimum Gasteiger partial charge on any atom is -0.465 e. The quantitative estimate of drug-likeness (QED) is 0.849. The van der Waals surface area contributed by atoms with Crippen LogP contribution in [0.3, 0.4) is 0 Å². The molecule has 2 aromatic rings. The van der Waals surface area contributed by atoms with Crippen LogP contribution in [0.2, 0.25) is 0 Å². The highest BCUT2D eigenvalue weighted by molar-refractivity contribution is 5.96. The van der Waals surface area contributed by atoms with Gasteiger partial charge < -0.3 is 14.8 Å². The number of nitrogens with one attached hydrogen (secondary N) is 1. The van der Waals surface area contributed by atoms with Gasteiger partial charge in [0.2, 0.25) is 0 Å². The summed E-state index contributed by atoms with van der Waals surface area (Å²) in [4.78, 5) is 12.2. The molecular weight excluding hydrogens is 266 g/mol. The Labute approximate surface area is 123 Å². The summed E-state index contributed by atoms with van der Waals surface area (Å²) in [5, 5.41) is 11.6. The molecule has 0 bridgehead atoms. The van der Waals surface area contributed by atoms with Crippen molar-refractivity contribution in [2.24, 2.45) is 0 Å². The van der Waals surface area contributed by atoms with E-state index in [1.807, 2.05) is 38.1 Å². The van der Waals surface area contributed by atoms with E-state index in [9.17, 15) is 4.79 Å². The Hall–Kier alpha value is -2.51. The normalized spacial score (nSPS) is 9.86. The van der Waals surface area contributed by atoms with Gasteiger partial charge in [-0.05, 0) is 43.7 Å². The van der Waals surface area contributed by atoms with E-state index < -0.39 is 0 Å². The summed E-state index contributed by atoms with van der Waals surface area (Å²) in [6, 6.07) is 9.10. The molecule has 4 heteroatoms. The lowest BCUT2D eigenvalue weighted by atomic mass is 10.0. The highest BCUT2D eigenvalue weighted by atomic mass is 16.3. The van der Waals surface area contributed by atoms with Crippen molar-refractivity contribution in [3.63, 3.8) is 0 Å². The van der Waals surface area contributed by atoms with Crippen LogP contribution in [0.15, 0.2) is 34.7 Å². The second-order valence-corrected chi connectivity index (χ2v) is 4.70. The lowest BCUT2D eigenvalue weighted by Gasteiger charge is -2.07. The van der Waals surface area contributed by atoms with Gasteiger partial charge in [-0.25, -0.2) is 0 Å². The third-order valence-corrected chi connectivity index (χ3v) is 2.94. The smallest absolute Gasteiger partial charge is 0.252 e. The Kier molecular flexibility index (Phi) is 4.81. The van der Waals surface area contributed by atoms with E-state index in [1.54, 1.807) is 6.07 Å².